The zero-order valence-electron chi connectivity index (χ0n) is 7.96. The minimum atomic E-state index is 0.719. The molecule has 0 atom stereocenters. The van der Waals surface area contributed by atoms with Gasteiger partial charge in [-0.15, -0.1) is 0 Å². The van der Waals surface area contributed by atoms with Gasteiger partial charge in [-0.2, -0.15) is 5.26 Å². The van der Waals surface area contributed by atoms with Crippen LogP contribution in [0.5, 0.6) is 0 Å². The van der Waals surface area contributed by atoms with Crippen molar-refractivity contribution in [1.29, 1.82) is 5.26 Å². The molecule has 2 rings (SSSR count). The SMILES string of the molecule is N#Cc1ccc(/C=C2/CCNC2)cc1. The molecule has 1 heterocycles. The maximum atomic E-state index is 8.64. The first-order chi connectivity index (χ1) is 6.88. The molecule has 1 aliphatic rings. The van der Waals surface area contributed by atoms with Gasteiger partial charge >= 0.3 is 0 Å². The third-order valence-corrected chi connectivity index (χ3v) is 2.39. The van der Waals surface area contributed by atoms with Crippen LogP contribution >= 0.6 is 0 Å². The third-order valence-electron chi connectivity index (χ3n) is 2.39. The molecule has 0 radical (unpaired) electrons. The number of hydrogen-bond acceptors (Lipinski definition) is 2. The first-order valence-electron chi connectivity index (χ1n) is 4.79. The molecular weight excluding hydrogens is 172 g/mol. The summed E-state index contributed by atoms with van der Waals surface area (Å²) in [4.78, 5) is 0. The molecule has 1 aliphatic heterocycles. The molecule has 1 N–H and O–H groups in total. The van der Waals surface area contributed by atoms with Crippen molar-refractivity contribution in [1.82, 2.24) is 5.32 Å². The van der Waals surface area contributed by atoms with Crippen molar-refractivity contribution in [2.24, 2.45) is 0 Å². The molecule has 0 unspecified atom stereocenters. The smallest absolute Gasteiger partial charge is 0.0991 e. The maximum Gasteiger partial charge on any atom is 0.0991 e. The van der Waals surface area contributed by atoms with E-state index in [1.165, 1.54) is 11.1 Å². The van der Waals surface area contributed by atoms with Gasteiger partial charge in [-0.1, -0.05) is 23.8 Å². The van der Waals surface area contributed by atoms with Crippen LogP contribution in [0, 0.1) is 11.3 Å². The molecule has 0 aliphatic carbocycles. The van der Waals surface area contributed by atoms with Gasteiger partial charge in [-0.25, -0.2) is 0 Å². The van der Waals surface area contributed by atoms with Crippen molar-refractivity contribution in [3.63, 3.8) is 0 Å². The van der Waals surface area contributed by atoms with Crippen molar-refractivity contribution in [3.8, 4) is 6.07 Å². The molecule has 2 nitrogen and oxygen atoms in total. The maximum absolute atomic E-state index is 8.64. The van der Waals surface area contributed by atoms with Crippen LogP contribution in [0.3, 0.4) is 0 Å². The molecule has 1 aromatic carbocycles. The highest BCUT2D eigenvalue weighted by atomic mass is 14.9. The second kappa shape index (κ2) is 4.08. The van der Waals surface area contributed by atoms with Gasteiger partial charge in [0.05, 0.1) is 11.6 Å². The Bertz CT molecular complexity index is 374. The Morgan fingerprint density at radius 3 is 2.64 bits per heavy atom. The number of nitrogens with one attached hydrogen (secondary N) is 1. The highest BCUT2D eigenvalue weighted by molar-refractivity contribution is 5.55. The molecule has 2 heteroatoms. The monoisotopic (exact) mass is 184 g/mol. The van der Waals surface area contributed by atoms with Crippen molar-refractivity contribution >= 4 is 6.08 Å². The van der Waals surface area contributed by atoms with Gasteiger partial charge in [0.2, 0.25) is 0 Å². The topological polar surface area (TPSA) is 35.8 Å². The van der Waals surface area contributed by atoms with E-state index in [-0.39, 0.29) is 0 Å². The number of rotatable bonds is 1. The van der Waals surface area contributed by atoms with E-state index in [0.29, 0.717) is 0 Å². The lowest BCUT2D eigenvalue weighted by Crippen LogP contribution is -2.04. The van der Waals surface area contributed by atoms with E-state index in [2.05, 4.69) is 17.5 Å². The minimum absolute atomic E-state index is 0.719. The molecule has 14 heavy (non-hydrogen) atoms. The molecule has 0 bridgehead atoms. The van der Waals surface area contributed by atoms with Crippen LogP contribution < -0.4 is 5.32 Å². The van der Waals surface area contributed by atoms with E-state index in [0.717, 1.165) is 25.1 Å². The van der Waals surface area contributed by atoms with E-state index < -0.39 is 0 Å². The van der Waals surface area contributed by atoms with Crippen molar-refractivity contribution in [3.05, 3.63) is 41.0 Å². The van der Waals surface area contributed by atoms with Gasteiger partial charge < -0.3 is 5.32 Å². The molecule has 0 spiro atoms. The van der Waals surface area contributed by atoms with Crippen LogP contribution in [0.2, 0.25) is 0 Å². The second-order valence-corrected chi connectivity index (χ2v) is 3.46. The number of nitriles is 1. The molecular formula is C12H12N2. The van der Waals surface area contributed by atoms with E-state index in [4.69, 9.17) is 5.26 Å². The Morgan fingerprint density at radius 1 is 1.29 bits per heavy atom. The Balaban J connectivity index is 2.17. The van der Waals surface area contributed by atoms with E-state index in [1.54, 1.807) is 0 Å². The number of nitrogens with zero attached hydrogens (tertiary/aromatic N) is 1. The zero-order valence-corrected chi connectivity index (χ0v) is 7.96. The lowest BCUT2D eigenvalue weighted by Gasteiger charge is -1.96. The predicted octanol–water partition coefficient (Wildman–Crippen LogP) is 1.93. The average Bonchev–Trinajstić information content (AvgIpc) is 2.72. The van der Waals surface area contributed by atoms with Crippen LogP contribution in [0.1, 0.15) is 17.5 Å². The summed E-state index contributed by atoms with van der Waals surface area (Å²) in [5, 5.41) is 11.9. The molecule has 0 saturated carbocycles. The second-order valence-electron chi connectivity index (χ2n) is 3.46. The Hall–Kier alpha value is -1.59. The van der Waals surface area contributed by atoms with Crippen molar-refractivity contribution < 1.29 is 0 Å². The fourth-order valence-corrected chi connectivity index (χ4v) is 1.60. The third kappa shape index (κ3) is 2.01. The van der Waals surface area contributed by atoms with E-state index in [1.807, 2.05) is 24.3 Å². The summed E-state index contributed by atoms with van der Waals surface area (Å²) in [5.74, 6) is 0. The molecule has 1 saturated heterocycles. The van der Waals surface area contributed by atoms with Gasteiger partial charge in [0.1, 0.15) is 0 Å². The van der Waals surface area contributed by atoms with Crippen LogP contribution in [0.4, 0.5) is 0 Å². The van der Waals surface area contributed by atoms with Gasteiger partial charge in [0.15, 0.2) is 0 Å². The Morgan fingerprint density at radius 2 is 2.07 bits per heavy atom. The molecule has 0 aromatic heterocycles. The first kappa shape index (κ1) is 8.98. The van der Waals surface area contributed by atoms with Crippen LogP contribution in [-0.4, -0.2) is 13.1 Å². The van der Waals surface area contributed by atoms with Gasteiger partial charge in [-0.3, -0.25) is 0 Å². The largest absolute Gasteiger partial charge is 0.313 e. The van der Waals surface area contributed by atoms with E-state index >= 15 is 0 Å². The fraction of sp³-hybridized carbons (Fsp3) is 0.250. The summed E-state index contributed by atoms with van der Waals surface area (Å²) >= 11 is 0. The Labute approximate surface area is 83.9 Å². The molecule has 1 aromatic rings. The molecule has 0 amide bonds. The van der Waals surface area contributed by atoms with E-state index in [9.17, 15) is 0 Å². The lowest BCUT2D eigenvalue weighted by molar-refractivity contribution is 0.862. The predicted molar refractivity (Wildman–Crippen MR) is 56.6 cm³/mol. The van der Waals surface area contributed by atoms with Gasteiger partial charge in [-0.05, 0) is 30.7 Å². The summed E-state index contributed by atoms with van der Waals surface area (Å²) < 4.78 is 0. The number of benzene rings is 1. The summed E-state index contributed by atoms with van der Waals surface area (Å²) in [6.45, 7) is 2.09. The Kier molecular flexibility index (Phi) is 2.62. The summed E-state index contributed by atoms with van der Waals surface area (Å²) in [5.41, 5.74) is 3.34. The normalized spacial score (nSPS) is 18.4. The van der Waals surface area contributed by atoms with Crippen molar-refractivity contribution in [2.45, 2.75) is 6.42 Å². The van der Waals surface area contributed by atoms with Crippen LogP contribution in [0.25, 0.3) is 6.08 Å². The minimum Gasteiger partial charge on any atom is -0.313 e. The fourth-order valence-electron chi connectivity index (χ4n) is 1.60. The number of hydrogen-bond donors (Lipinski definition) is 1. The van der Waals surface area contributed by atoms with Crippen LogP contribution in [-0.2, 0) is 0 Å². The van der Waals surface area contributed by atoms with Gasteiger partial charge in [0.25, 0.3) is 0 Å². The highest BCUT2D eigenvalue weighted by Crippen LogP contribution is 2.12. The average molecular weight is 184 g/mol. The molecule has 70 valence electrons. The van der Waals surface area contributed by atoms with Crippen molar-refractivity contribution in [2.75, 3.05) is 13.1 Å². The van der Waals surface area contributed by atoms with Gasteiger partial charge in [0, 0.05) is 6.54 Å². The molecule has 1 fully saturated rings. The zero-order chi connectivity index (χ0) is 9.80. The summed E-state index contributed by atoms with van der Waals surface area (Å²) in [6.07, 6.45) is 3.33. The summed E-state index contributed by atoms with van der Waals surface area (Å²) in [6, 6.07) is 9.81. The first-order valence-corrected chi connectivity index (χ1v) is 4.79. The van der Waals surface area contributed by atoms with Crippen LogP contribution in [0.15, 0.2) is 29.8 Å². The quantitative estimate of drug-likeness (QED) is 0.724. The summed E-state index contributed by atoms with van der Waals surface area (Å²) in [7, 11) is 0. The standard InChI is InChI=1S/C12H12N2/c13-8-11-3-1-10(2-4-11)7-12-5-6-14-9-12/h1-4,7,14H,5-6,9H2/b12-7-. The lowest BCUT2D eigenvalue weighted by atomic mass is 10.1. The highest BCUT2D eigenvalue weighted by Gasteiger charge is 2.04.